The summed E-state index contributed by atoms with van der Waals surface area (Å²) in [5.74, 6) is 0.669. The molecule has 102 valence electrons. The molecule has 0 bridgehead atoms. The van der Waals surface area contributed by atoms with Crippen molar-refractivity contribution in [3.63, 3.8) is 0 Å². The highest BCUT2D eigenvalue weighted by atomic mass is 32.2. The lowest BCUT2D eigenvalue weighted by Gasteiger charge is -2.07. The van der Waals surface area contributed by atoms with Crippen molar-refractivity contribution in [1.29, 1.82) is 0 Å². The lowest BCUT2D eigenvalue weighted by Crippen LogP contribution is -2.19. The molecule has 0 aliphatic rings. The SMILES string of the molecule is COCCS(=O)(=O)CCOc1ccc(CN)cc1. The van der Waals surface area contributed by atoms with Gasteiger partial charge in [0.25, 0.3) is 0 Å². The first-order chi connectivity index (χ1) is 8.57. The standard InChI is InChI=1S/C12H19NO4S/c1-16-6-8-18(14,15)9-7-17-12-4-2-11(10-13)3-5-12/h2-5H,6-10,13H2,1H3. The summed E-state index contributed by atoms with van der Waals surface area (Å²) in [6.07, 6.45) is 0. The van der Waals surface area contributed by atoms with Gasteiger partial charge >= 0.3 is 0 Å². The molecule has 1 rings (SSSR count). The number of nitrogens with two attached hydrogens (primary N) is 1. The molecular formula is C12H19NO4S. The average molecular weight is 273 g/mol. The Hall–Kier alpha value is -1.11. The minimum absolute atomic E-state index is 0.00496. The van der Waals surface area contributed by atoms with Crippen LogP contribution in [0.4, 0.5) is 0 Å². The summed E-state index contributed by atoms with van der Waals surface area (Å²) < 4.78 is 33.1. The Balaban J connectivity index is 2.36. The van der Waals surface area contributed by atoms with Gasteiger partial charge in [-0.1, -0.05) is 12.1 Å². The van der Waals surface area contributed by atoms with Crippen LogP contribution in [0.3, 0.4) is 0 Å². The van der Waals surface area contributed by atoms with Gasteiger partial charge in [0.1, 0.15) is 12.4 Å². The maximum atomic E-state index is 11.5. The fraction of sp³-hybridized carbons (Fsp3) is 0.500. The van der Waals surface area contributed by atoms with Gasteiger partial charge < -0.3 is 15.2 Å². The van der Waals surface area contributed by atoms with Crippen molar-refractivity contribution in [2.24, 2.45) is 5.73 Å². The zero-order valence-electron chi connectivity index (χ0n) is 10.5. The number of hydrogen-bond donors (Lipinski definition) is 1. The quantitative estimate of drug-likeness (QED) is 0.750. The third-order valence-corrected chi connectivity index (χ3v) is 4.00. The summed E-state index contributed by atoms with van der Waals surface area (Å²) in [6, 6.07) is 7.28. The highest BCUT2D eigenvalue weighted by Crippen LogP contribution is 2.11. The molecule has 0 heterocycles. The largest absolute Gasteiger partial charge is 0.493 e. The third kappa shape index (κ3) is 5.48. The summed E-state index contributed by atoms with van der Waals surface area (Å²) >= 11 is 0. The topological polar surface area (TPSA) is 78.6 Å². The molecule has 5 nitrogen and oxygen atoms in total. The predicted octanol–water partition coefficient (Wildman–Crippen LogP) is 0.585. The van der Waals surface area contributed by atoms with Gasteiger partial charge in [0, 0.05) is 13.7 Å². The molecule has 0 aliphatic carbocycles. The number of benzene rings is 1. The molecule has 6 heteroatoms. The van der Waals surface area contributed by atoms with E-state index in [-0.39, 0.29) is 24.7 Å². The van der Waals surface area contributed by atoms with Crippen LogP contribution >= 0.6 is 0 Å². The Morgan fingerprint density at radius 2 is 1.72 bits per heavy atom. The molecule has 0 atom stereocenters. The van der Waals surface area contributed by atoms with E-state index in [1.165, 1.54) is 7.11 Å². The monoisotopic (exact) mass is 273 g/mol. The van der Waals surface area contributed by atoms with E-state index in [1.54, 1.807) is 12.1 Å². The van der Waals surface area contributed by atoms with Crippen molar-refractivity contribution in [3.8, 4) is 5.75 Å². The summed E-state index contributed by atoms with van der Waals surface area (Å²) in [6.45, 7) is 0.841. The van der Waals surface area contributed by atoms with Gasteiger partial charge in [-0.05, 0) is 17.7 Å². The smallest absolute Gasteiger partial charge is 0.155 e. The van der Waals surface area contributed by atoms with Crippen LogP contribution in [0, 0.1) is 0 Å². The molecule has 0 unspecified atom stereocenters. The van der Waals surface area contributed by atoms with Crippen LogP contribution in [0.1, 0.15) is 5.56 Å². The number of hydrogen-bond acceptors (Lipinski definition) is 5. The van der Waals surface area contributed by atoms with E-state index in [2.05, 4.69) is 0 Å². The number of methoxy groups -OCH3 is 1. The summed E-state index contributed by atoms with van der Waals surface area (Å²) in [5.41, 5.74) is 6.48. The Kier molecular flexibility index (Phi) is 6.11. The Morgan fingerprint density at radius 1 is 1.11 bits per heavy atom. The van der Waals surface area contributed by atoms with E-state index in [1.807, 2.05) is 12.1 Å². The fourth-order valence-corrected chi connectivity index (χ4v) is 2.28. The average Bonchev–Trinajstić information content (AvgIpc) is 2.37. The first-order valence-corrected chi connectivity index (χ1v) is 7.50. The molecule has 1 aromatic rings. The molecule has 1 aromatic carbocycles. The molecular weight excluding hydrogens is 254 g/mol. The lowest BCUT2D eigenvalue weighted by molar-refractivity contribution is 0.217. The number of ether oxygens (including phenoxy) is 2. The Morgan fingerprint density at radius 3 is 2.28 bits per heavy atom. The van der Waals surface area contributed by atoms with E-state index in [9.17, 15) is 8.42 Å². The van der Waals surface area contributed by atoms with E-state index in [0.717, 1.165) is 5.56 Å². The maximum absolute atomic E-state index is 11.5. The predicted molar refractivity (Wildman–Crippen MR) is 70.4 cm³/mol. The highest BCUT2D eigenvalue weighted by molar-refractivity contribution is 7.91. The van der Waals surface area contributed by atoms with Crippen molar-refractivity contribution in [3.05, 3.63) is 29.8 Å². The minimum Gasteiger partial charge on any atom is -0.493 e. The van der Waals surface area contributed by atoms with Crippen LogP contribution in [-0.4, -0.2) is 40.2 Å². The van der Waals surface area contributed by atoms with Gasteiger partial charge in [0.15, 0.2) is 9.84 Å². The van der Waals surface area contributed by atoms with Crippen molar-refractivity contribution >= 4 is 9.84 Å². The van der Waals surface area contributed by atoms with Crippen LogP contribution in [0.25, 0.3) is 0 Å². The molecule has 18 heavy (non-hydrogen) atoms. The van der Waals surface area contributed by atoms with Gasteiger partial charge in [-0.3, -0.25) is 0 Å². The molecule has 0 saturated heterocycles. The molecule has 0 fully saturated rings. The van der Waals surface area contributed by atoms with Crippen molar-refractivity contribution < 1.29 is 17.9 Å². The lowest BCUT2D eigenvalue weighted by atomic mass is 10.2. The van der Waals surface area contributed by atoms with E-state index < -0.39 is 9.84 Å². The Bertz CT molecular complexity index is 442. The molecule has 0 spiro atoms. The maximum Gasteiger partial charge on any atom is 0.155 e. The number of sulfone groups is 1. The van der Waals surface area contributed by atoms with Gasteiger partial charge in [0.2, 0.25) is 0 Å². The molecule has 0 amide bonds. The van der Waals surface area contributed by atoms with Crippen molar-refractivity contribution in [2.75, 3.05) is 31.8 Å². The van der Waals surface area contributed by atoms with Crippen LogP contribution < -0.4 is 10.5 Å². The molecule has 0 radical (unpaired) electrons. The van der Waals surface area contributed by atoms with Gasteiger partial charge in [-0.25, -0.2) is 8.42 Å². The second-order valence-electron chi connectivity index (χ2n) is 3.84. The molecule has 0 saturated carbocycles. The zero-order chi connectivity index (χ0) is 13.4. The second kappa shape index (κ2) is 7.35. The van der Waals surface area contributed by atoms with Crippen molar-refractivity contribution in [1.82, 2.24) is 0 Å². The van der Waals surface area contributed by atoms with Crippen LogP contribution in [-0.2, 0) is 21.1 Å². The molecule has 0 aromatic heterocycles. The highest BCUT2D eigenvalue weighted by Gasteiger charge is 2.10. The third-order valence-electron chi connectivity index (χ3n) is 2.42. The minimum atomic E-state index is -3.10. The van der Waals surface area contributed by atoms with E-state index in [0.29, 0.717) is 12.3 Å². The first kappa shape index (κ1) is 14.9. The fourth-order valence-electron chi connectivity index (χ4n) is 1.32. The van der Waals surface area contributed by atoms with Gasteiger partial charge in [-0.2, -0.15) is 0 Å². The normalized spacial score (nSPS) is 11.4. The van der Waals surface area contributed by atoms with Crippen LogP contribution in [0.2, 0.25) is 0 Å². The summed E-state index contributed by atoms with van der Waals surface area (Å²) in [7, 11) is -1.62. The number of rotatable bonds is 8. The second-order valence-corrected chi connectivity index (χ2v) is 6.14. The van der Waals surface area contributed by atoms with Gasteiger partial charge in [0.05, 0.1) is 18.1 Å². The first-order valence-electron chi connectivity index (χ1n) is 5.68. The van der Waals surface area contributed by atoms with Crippen LogP contribution in [0.15, 0.2) is 24.3 Å². The molecule has 0 aliphatic heterocycles. The Labute approximate surface area is 108 Å². The van der Waals surface area contributed by atoms with E-state index >= 15 is 0 Å². The van der Waals surface area contributed by atoms with Gasteiger partial charge in [-0.15, -0.1) is 0 Å². The zero-order valence-corrected chi connectivity index (χ0v) is 11.3. The summed E-state index contributed by atoms with van der Waals surface area (Å²) in [4.78, 5) is 0. The van der Waals surface area contributed by atoms with Crippen molar-refractivity contribution in [2.45, 2.75) is 6.54 Å². The summed E-state index contributed by atoms with van der Waals surface area (Å²) in [5, 5.41) is 0. The molecule has 2 N–H and O–H groups in total. The van der Waals surface area contributed by atoms with E-state index in [4.69, 9.17) is 15.2 Å². The van der Waals surface area contributed by atoms with Crippen LogP contribution in [0.5, 0.6) is 5.75 Å².